The normalized spacial score (nSPS) is 28.8. The standard InChI is InChI=1S/C34H49FN6O6/c1-22-5-7-27(43)20-31(44)47-33(23(2)6-8-30(22)46-34(45)40-15-13-38(4)14-16-40)24(3)17-25-18-28(35)32-29(19-25)41(37-36-32)26-9-11-39(21-42)12-10-26/h6,8,17-19,22-23,26-27,30,33,42-43H,5,7,9-16,20-21H2,1-4H3/b8-6+,24-17+/t22-,23-,27+,30-,33-/m0/s1. The molecule has 0 radical (unpaired) electrons. The molecule has 5 atom stereocenters. The van der Waals surface area contributed by atoms with E-state index >= 15 is 4.39 Å². The van der Waals surface area contributed by atoms with E-state index in [9.17, 15) is 19.8 Å². The first kappa shape index (κ1) is 34.9. The number of esters is 1. The molecule has 1 amide bonds. The minimum Gasteiger partial charge on any atom is -0.457 e. The number of fused-ring (bicyclic) bond motifs is 1. The number of likely N-dealkylation sites (tertiary alicyclic amines) is 1. The molecule has 0 spiro atoms. The Morgan fingerprint density at radius 1 is 1.09 bits per heavy atom. The summed E-state index contributed by atoms with van der Waals surface area (Å²) < 4.78 is 29.0. The molecular formula is C34H49FN6O6. The molecule has 258 valence electrons. The molecule has 13 heteroatoms. The van der Waals surface area contributed by atoms with Gasteiger partial charge in [-0.3, -0.25) is 9.69 Å². The summed E-state index contributed by atoms with van der Waals surface area (Å²) in [6.45, 7) is 9.94. The molecule has 2 saturated heterocycles. The number of aromatic nitrogens is 3. The van der Waals surface area contributed by atoms with Gasteiger partial charge >= 0.3 is 12.1 Å². The average molecular weight is 657 g/mol. The van der Waals surface area contributed by atoms with E-state index in [1.165, 1.54) is 6.07 Å². The van der Waals surface area contributed by atoms with Gasteiger partial charge in [0.05, 0.1) is 30.8 Å². The third kappa shape index (κ3) is 8.75. The number of ether oxygens (including phenoxy) is 2. The first-order chi connectivity index (χ1) is 22.5. The van der Waals surface area contributed by atoms with Crippen molar-refractivity contribution >= 4 is 29.2 Å². The SMILES string of the molecule is C/C(=C\c1cc(F)c2nnn(C3CCN(CO)CC3)c2c1)[C@H]1OC(=O)C[C@H](O)CC[C@H](C)[C@@H](OC(=O)N2CCN(C)CC2)/C=C/[C@@H]1C. The van der Waals surface area contributed by atoms with Crippen molar-refractivity contribution in [2.24, 2.45) is 11.8 Å². The maximum Gasteiger partial charge on any atom is 0.410 e. The van der Waals surface area contributed by atoms with Crippen molar-refractivity contribution < 1.29 is 33.7 Å². The monoisotopic (exact) mass is 656 g/mol. The molecule has 2 N–H and O–H groups in total. The third-order valence-electron chi connectivity index (χ3n) is 9.76. The van der Waals surface area contributed by atoms with Gasteiger partial charge in [0, 0.05) is 45.2 Å². The number of piperazine rings is 1. The Hall–Kier alpha value is -3.39. The summed E-state index contributed by atoms with van der Waals surface area (Å²) in [4.78, 5) is 31.9. The largest absolute Gasteiger partial charge is 0.457 e. The Labute approximate surface area is 275 Å². The van der Waals surface area contributed by atoms with E-state index in [0.717, 1.165) is 25.9 Å². The molecule has 4 heterocycles. The van der Waals surface area contributed by atoms with Crippen LogP contribution >= 0.6 is 0 Å². The fraction of sp³-hybridized carbons (Fsp3) is 0.647. The van der Waals surface area contributed by atoms with Crippen molar-refractivity contribution in [3.8, 4) is 0 Å². The first-order valence-electron chi connectivity index (χ1n) is 16.8. The lowest BCUT2D eigenvalue weighted by Crippen LogP contribution is -2.48. The summed E-state index contributed by atoms with van der Waals surface area (Å²) in [5.41, 5.74) is 2.04. The van der Waals surface area contributed by atoms with Crippen LogP contribution in [0.5, 0.6) is 0 Å². The molecule has 0 aliphatic carbocycles. The fourth-order valence-electron chi connectivity index (χ4n) is 6.65. The van der Waals surface area contributed by atoms with Gasteiger partial charge in [-0.1, -0.05) is 31.2 Å². The molecule has 0 bridgehead atoms. The van der Waals surface area contributed by atoms with Crippen LogP contribution in [0.1, 0.15) is 64.5 Å². The highest BCUT2D eigenvalue weighted by atomic mass is 19.1. The maximum atomic E-state index is 15.3. The maximum absolute atomic E-state index is 15.3. The number of cyclic esters (lactones) is 1. The van der Waals surface area contributed by atoms with Crippen LogP contribution in [0.3, 0.4) is 0 Å². The number of carbonyl (C=O) groups excluding carboxylic acids is 2. The number of carbonyl (C=O) groups is 2. The second kappa shape index (κ2) is 15.7. The van der Waals surface area contributed by atoms with Crippen molar-refractivity contribution in [1.82, 2.24) is 29.7 Å². The summed E-state index contributed by atoms with van der Waals surface area (Å²) >= 11 is 0. The summed E-state index contributed by atoms with van der Waals surface area (Å²) in [6, 6.07) is 3.28. The summed E-state index contributed by atoms with van der Waals surface area (Å²) in [7, 11) is 2.03. The second-order valence-electron chi connectivity index (χ2n) is 13.5. The number of likely N-dealkylation sites (N-methyl/N-ethyl adjacent to an activating group) is 1. The van der Waals surface area contributed by atoms with Crippen molar-refractivity contribution in [2.75, 3.05) is 53.0 Å². The highest BCUT2D eigenvalue weighted by Crippen LogP contribution is 2.30. The van der Waals surface area contributed by atoms with Gasteiger partial charge in [0.15, 0.2) is 5.82 Å². The third-order valence-corrected chi connectivity index (χ3v) is 9.76. The quantitative estimate of drug-likeness (QED) is 0.363. The van der Waals surface area contributed by atoms with E-state index in [1.807, 2.05) is 50.9 Å². The number of amides is 1. The van der Waals surface area contributed by atoms with E-state index in [2.05, 4.69) is 15.2 Å². The number of halogens is 1. The Bertz CT molecular complexity index is 1450. The number of piperidine rings is 1. The Kier molecular flexibility index (Phi) is 11.6. The number of benzene rings is 1. The van der Waals surface area contributed by atoms with Gasteiger partial charge in [0.2, 0.25) is 0 Å². The second-order valence-corrected chi connectivity index (χ2v) is 13.5. The van der Waals surface area contributed by atoms with E-state index in [1.54, 1.807) is 15.7 Å². The summed E-state index contributed by atoms with van der Waals surface area (Å²) in [6.07, 6.45) is 5.39. The van der Waals surface area contributed by atoms with Crippen molar-refractivity contribution in [3.63, 3.8) is 0 Å². The smallest absolute Gasteiger partial charge is 0.410 e. The molecule has 2 aromatic rings. The van der Waals surface area contributed by atoms with E-state index < -0.39 is 30.1 Å². The number of hydrogen-bond donors (Lipinski definition) is 2. The van der Waals surface area contributed by atoms with Crippen LogP contribution in [0.25, 0.3) is 17.1 Å². The number of rotatable bonds is 5. The van der Waals surface area contributed by atoms with Gasteiger partial charge in [0.25, 0.3) is 0 Å². The molecule has 1 aromatic heterocycles. The average Bonchev–Trinajstić information content (AvgIpc) is 3.48. The van der Waals surface area contributed by atoms with E-state index in [-0.39, 0.29) is 42.6 Å². The van der Waals surface area contributed by atoms with Crippen LogP contribution in [0.2, 0.25) is 0 Å². The van der Waals surface area contributed by atoms with Gasteiger partial charge in [-0.15, -0.1) is 5.10 Å². The highest BCUT2D eigenvalue weighted by molar-refractivity contribution is 5.79. The van der Waals surface area contributed by atoms with Gasteiger partial charge in [-0.05, 0) is 74.9 Å². The van der Waals surface area contributed by atoms with Crippen molar-refractivity contribution in [2.45, 2.75) is 77.2 Å². The van der Waals surface area contributed by atoms with Crippen LogP contribution < -0.4 is 0 Å². The highest BCUT2D eigenvalue weighted by Gasteiger charge is 2.30. The van der Waals surface area contributed by atoms with Gasteiger partial charge in [-0.2, -0.15) is 0 Å². The molecule has 47 heavy (non-hydrogen) atoms. The minimum atomic E-state index is -0.892. The summed E-state index contributed by atoms with van der Waals surface area (Å²) in [5.74, 6) is -1.41. The van der Waals surface area contributed by atoms with Crippen molar-refractivity contribution in [3.05, 3.63) is 41.2 Å². The lowest BCUT2D eigenvalue weighted by atomic mass is 9.91. The van der Waals surface area contributed by atoms with Crippen LogP contribution in [0, 0.1) is 17.7 Å². The summed E-state index contributed by atoms with van der Waals surface area (Å²) in [5, 5.41) is 28.5. The molecule has 0 saturated carbocycles. The van der Waals surface area contributed by atoms with Gasteiger partial charge in [0.1, 0.15) is 17.7 Å². The van der Waals surface area contributed by atoms with Gasteiger partial charge < -0.3 is 29.5 Å². The lowest BCUT2D eigenvalue weighted by molar-refractivity contribution is -0.151. The number of nitrogens with zero attached hydrogens (tertiary/aromatic N) is 6. The fourth-order valence-corrected chi connectivity index (χ4v) is 6.65. The van der Waals surface area contributed by atoms with Gasteiger partial charge in [-0.25, -0.2) is 13.9 Å². The number of aliphatic hydroxyl groups excluding tert-OH is 2. The van der Waals surface area contributed by atoms with Crippen LogP contribution in [0.15, 0.2) is 29.9 Å². The first-order valence-corrected chi connectivity index (χ1v) is 16.8. The molecular weight excluding hydrogens is 607 g/mol. The van der Waals surface area contributed by atoms with Crippen LogP contribution in [-0.4, -0.2) is 123 Å². The molecule has 3 aliphatic heterocycles. The van der Waals surface area contributed by atoms with Crippen molar-refractivity contribution in [1.29, 1.82) is 0 Å². The molecule has 3 aliphatic rings. The Morgan fingerprint density at radius 2 is 1.81 bits per heavy atom. The number of hydrogen-bond acceptors (Lipinski definition) is 10. The molecule has 1 aromatic carbocycles. The predicted octanol–water partition coefficient (Wildman–Crippen LogP) is 3.60. The zero-order chi connectivity index (χ0) is 33.7. The Balaban J connectivity index is 1.39. The molecule has 0 unspecified atom stereocenters. The zero-order valence-corrected chi connectivity index (χ0v) is 27.9. The molecule has 2 fully saturated rings. The topological polar surface area (TPSA) is 133 Å². The van der Waals surface area contributed by atoms with Crippen LogP contribution in [0.4, 0.5) is 9.18 Å². The lowest BCUT2D eigenvalue weighted by Gasteiger charge is -2.33. The minimum absolute atomic E-state index is 0.00737. The number of aliphatic hydroxyl groups is 2. The Morgan fingerprint density at radius 3 is 2.51 bits per heavy atom. The molecule has 5 rings (SSSR count). The van der Waals surface area contributed by atoms with Crippen LogP contribution in [-0.2, 0) is 14.3 Å². The van der Waals surface area contributed by atoms with E-state index in [4.69, 9.17) is 9.47 Å². The molecule has 12 nitrogen and oxygen atoms in total. The predicted molar refractivity (Wildman–Crippen MR) is 175 cm³/mol. The van der Waals surface area contributed by atoms with E-state index in [0.29, 0.717) is 55.7 Å². The zero-order valence-electron chi connectivity index (χ0n) is 27.9.